The Morgan fingerprint density at radius 1 is 1.02 bits per heavy atom. The third-order valence-electron chi connectivity index (χ3n) is 8.43. The molecule has 3 aliphatic rings. The van der Waals surface area contributed by atoms with Crippen molar-refractivity contribution in [1.82, 2.24) is 14.5 Å². The second-order valence-electron chi connectivity index (χ2n) is 12.1. The van der Waals surface area contributed by atoms with Crippen LogP contribution in [0.4, 0.5) is 10.5 Å². The average Bonchev–Trinajstić information content (AvgIpc) is 3.80. The van der Waals surface area contributed by atoms with Gasteiger partial charge in [-0.15, -0.1) is 0 Å². The van der Waals surface area contributed by atoms with Gasteiger partial charge in [-0.3, -0.25) is 4.84 Å². The summed E-state index contributed by atoms with van der Waals surface area (Å²) in [5.74, 6) is -0.0695. The van der Waals surface area contributed by atoms with E-state index in [2.05, 4.69) is 15.4 Å². The van der Waals surface area contributed by atoms with Gasteiger partial charge in [0.15, 0.2) is 6.29 Å². The number of nitrogens with zero attached hydrogens (tertiary/aromatic N) is 1. The molecule has 3 fully saturated rings. The smallest absolute Gasteiger partial charge is 0.407 e. The predicted octanol–water partition coefficient (Wildman–Crippen LogP) is 1.97. The molecule has 1 amide bonds. The van der Waals surface area contributed by atoms with Crippen LogP contribution in [0.2, 0.25) is 0 Å². The molecule has 5 rings (SSSR count). The Balaban J connectivity index is 1.32. The normalized spacial score (nSPS) is 23.0. The van der Waals surface area contributed by atoms with Gasteiger partial charge in [0.05, 0.1) is 55.1 Å². The average molecular weight is 697 g/mol. The maximum atomic E-state index is 14.0. The number of hydrogen-bond donors (Lipinski definition) is 4. The Kier molecular flexibility index (Phi) is 12.1. The Morgan fingerprint density at radius 3 is 2.53 bits per heavy atom. The van der Waals surface area contributed by atoms with Crippen molar-refractivity contribution in [3.8, 4) is 0 Å². The van der Waals surface area contributed by atoms with Crippen molar-refractivity contribution in [3.63, 3.8) is 0 Å². The Bertz CT molecular complexity index is 1540. The number of aliphatic hydroxyl groups is 1. The lowest BCUT2D eigenvalue weighted by Gasteiger charge is -2.31. The monoisotopic (exact) mass is 696 g/mol. The molecule has 1 aliphatic carbocycles. The summed E-state index contributed by atoms with van der Waals surface area (Å²) in [6, 6.07) is 14.4. The van der Waals surface area contributed by atoms with Crippen molar-refractivity contribution in [2.45, 2.75) is 74.1 Å². The van der Waals surface area contributed by atoms with E-state index < -0.39 is 57.2 Å². The molecule has 16 heteroatoms. The fourth-order valence-electron chi connectivity index (χ4n) is 5.99. The molecular weight excluding hydrogens is 652 g/mol. The van der Waals surface area contributed by atoms with Crippen LogP contribution in [0.3, 0.4) is 0 Å². The molecule has 2 aromatic rings. The number of benzene rings is 2. The van der Waals surface area contributed by atoms with Crippen LogP contribution in [0.5, 0.6) is 0 Å². The molecule has 47 heavy (non-hydrogen) atoms. The number of aliphatic hydroxyl groups excluding tert-OH is 1. The van der Waals surface area contributed by atoms with Crippen molar-refractivity contribution in [3.05, 3.63) is 60.2 Å². The zero-order valence-electron chi connectivity index (χ0n) is 26.3. The summed E-state index contributed by atoms with van der Waals surface area (Å²) in [5, 5.41) is 17.4. The minimum absolute atomic E-state index is 0.0695. The first-order valence-corrected chi connectivity index (χ1v) is 19.2. The van der Waals surface area contributed by atoms with Gasteiger partial charge < -0.3 is 30.0 Å². The third kappa shape index (κ3) is 10.1. The lowest BCUT2D eigenvalue weighted by atomic mass is 10.0. The summed E-state index contributed by atoms with van der Waals surface area (Å²) in [7, 11) is -7.66. The predicted molar refractivity (Wildman–Crippen MR) is 172 cm³/mol. The van der Waals surface area contributed by atoms with E-state index in [0.717, 1.165) is 29.1 Å². The second-order valence-corrected chi connectivity index (χ2v) is 15.8. The van der Waals surface area contributed by atoms with E-state index in [1.807, 2.05) is 30.3 Å². The summed E-state index contributed by atoms with van der Waals surface area (Å²) in [4.78, 5) is 19.1. The van der Waals surface area contributed by atoms with Gasteiger partial charge in [0.25, 0.3) is 10.0 Å². The summed E-state index contributed by atoms with van der Waals surface area (Å²) in [5.41, 5.74) is 1.28. The maximum absolute atomic E-state index is 14.0. The topological polar surface area (TPSA) is 182 Å². The number of carbonyl (C=O) groups excluding carboxylic acids is 1. The Morgan fingerprint density at radius 2 is 1.79 bits per heavy atom. The SMILES string of the molecule is CS(=O)(=O)NCCNc1cccc(S(=O)(=O)N(C[C@@H](O)[C@H](Cc2ccccc2)NC(=O)O[C@H]2CO[C@H]3OCC[C@H]32)OC2CCCC2)c1. The zero-order chi connectivity index (χ0) is 33.4. The lowest BCUT2D eigenvalue weighted by molar-refractivity contribution is -0.145. The minimum Gasteiger partial charge on any atom is -0.443 e. The Labute approximate surface area is 276 Å². The number of anilines is 1. The third-order valence-corrected chi connectivity index (χ3v) is 10.8. The number of ether oxygens (including phenoxy) is 3. The molecule has 1 saturated carbocycles. The first kappa shape index (κ1) is 35.5. The number of sulfonamides is 2. The van der Waals surface area contributed by atoms with Crippen LogP contribution in [0.1, 0.15) is 37.7 Å². The van der Waals surface area contributed by atoms with Crippen molar-refractivity contribution in [2.75, 3.05) is 44.4 Å². The van der Waals surface area contributed by atoms with Crippen LogP contribution in [-0.2, 0) is 45.5 Å². The quantitative estimate of drug-likeness (QED) is 0.149. The summed E-state index contributed by atoms with van der Waals surface area (Å²) < 4.78 is 70.8. The van der Waals surface area contributed by atoms with E-state index in [0.29, 0.717) is 31.6 Å². The first-order chi connectivity index (χ1) is 22.5. The Hall–Kier alpha value is -2.83. The van der Waals surface area contributed by atoms with E-state index >= 15 is 0 Å². The molecule has 5 atom stereocenters. The first-order valence-electron chi connectivity index (χ1n) is 15.9. The lowest BCUT2D eigenvalue weighted by Crippen LogP contribution is -2.51. The summed E-state index contributed by atoms with van der Waals surface area (Å²) >= 11 is 0. The number of hydrogen-bond acceptors (Lipinski definition) is 11. The molecular formula is C31H44N4O10S2. The number of carbonyl (C=O) groups is 1. The summed E-state index contributed by atoms with van der Waals surface area (Å²) in [6.45, 7) is 0.606. The van der Waals surface area contributed by atoms with Gasteiger partial charge >= 0.3 is 6.09 Å². The molecule has 0 bridgehead atoms. The van der Waals surface area contributed by atoms with E-state index in [1.165, 1.54) is 12.1 Å². The van der Waals surface area contributed by atoms with Gasteiger partial charge in [0, 0.05) is 18.8 Å². The van der Waals surface area contributed by atoms with Crippen LogP contribution in [-0.4, -0.2) is 102 Å². The van der Waals surface area contributed by atoms with Crippen molar-refractivity contribution >= 4 is 31.8 Å². The fraction of sp³-hybridized carbons (Fsp3) is 0.581. The van der Waals surface area contributed by atoms with Gasteiger partial charge in [-0.2, -0.15) is 0 Å². The van der Waals surface area contributed by atoms with E-state index in [9.17, 15) is 26.7 Å². The fourth-order valence-corrected chi connectivity index (χ4v) is 7.81. The summed E-state index contributed by atoms with van der Waals surface area (Å²) in [6.07, 6.45) is 1.71. The van der Waals surface area contributed by atoms with E-state index in [4.69, 9.17) is 19.0 Å². The number of hydroxylamine groups is 1. The van der Waals surface area contributed by atoms with Crippen molar-refractivity contribution in [1.29, 1.82) is 0 Å². The van der Waals surface area contributed by atoms with Crippen LogP contribution in [0.25, 0.3) is 0 Å². The number of fused-ring (bicyclic) bond motifs is 1. The van der Waals surface area contributed by atoms with Gasteiger partial charge in [-0.05, 0) is 49.4 Å². The highest BCUT2D eigenvalue weighted by Gasteiger charge is 2.44. The van der Waals surface area contributed by atoms with E-state index in [1.54, 1.807) is 12.1 Å². The van der Waals surface area contributed by atoms with Crippen molar-refractivity contribution in [2.24, 2.45) is 5.92 Å². The largest absolute Gasteiger partial charge is 0.443 e. The van der Waals surface area contributed by atoms with Gasteiger partial charge in [0.1, 0.15) is 6.10 Å². The number of nitrogens with one attached hydrogen (secondary N) is 3. The molecule has 0 spiro atoms. The van der Waals surface area contributed by atoms with Gasteiger partial charge in [0.2, 0.25) is 10.0 Å². The maximum Gasteiger partial charge on any atom is 0.407 e. The molecule has 2 heterocycles. The van der Waals surface area contributed by atoms with Crippen LogP contribution in [0, 0.1) is 5.92 Å². The second kappa shape index (κ2) is 16.0. The molecule has 0 radical (unpaired) electrons. The van der Waals surface area contributed by atoms with Crippen molar-refractivity contribution < 1.29 is 45.8 Å². The highest BCUT2D eigenvalue weighted by atomic mass is 32.2. The highest BCUT2D eigenvalue weighted by Crippen LogP contribution is 2.33. The molecule has 260 valence electrons. The molecule has 4 N–H and O–H groups in total. The molecule has 0 aromatic heterocycles. The van der Waals surface area contributed by atoms with Crippen LogP contribution >= 0.6 is 0 Å². The number of rotatable bonds is 16. The number of amides is 1. The van der Waals surface area contributed by atoms with Crippen LogP contribution < -0.4 is 15.4 Å². The molecule has 0 unspecified atom stereocenters. The minimum atomic E-state index is -4.30. The standard InChI is InChI=1S/C31H44N4O10S2/c1-46(38,39)33-16-15-32-23-10-7-13-25(19-23)47(40,41)35(45-24-11-5-6-12-24)20-28(36)27(18-22-8-3-2-4-9-22)34-31(37)44-29-21-43-30-26(29)14-17-42-30/h2-4,7-10,13,19,24,26-30,32-33,36H,5-6,11-12,14-18,20-21H2,1H3,(H,34,37)/t26-,27-,28+,29-,30+/m0/s1. The zero-order valence-corrected chi connectivity index (χ0v) is 28.0. The van der Waals surface area contributed by atoms with E-state index in [-0.39, 0.29) is 43.0 Å². The molecule has 2 aliphatic heterocycles. The molecule has 14 nitrogen and oxygen atoms in total. The van der Waals surface area contributed by atoms with Gasteiger partial charge in [-0.1, -0.05) is 53.7 Å². The highest BCUT2D eigenvalue weighted by molar-refractivity contribution is 7.89. The van der Waals surface area contributed by atoms with Crippen LogP contribution in [0.15, 0.2) is 59.5 Å². The van der Waals surface area contributed by atoms with Gasteiger partial charge in [-0.25, -0.2) is 26.4 Å². The molecule has 2 saturated heterocycles. The number of alkyl carbamates (subject to hydrolysis) is 1. The molecule has 2 aromatic carbocycles.